The van der Waals surface area contributed by atoms with Crippen LogP contribution in [0.1, 0.15) is 18.4 Å². The average Bonchev–Trinajstić information content (AvgIpc) is 3.02. The van der Waals surface area contributed by atoms with Gasteiger partial charge in [0, 0.05) is 42.2 Å². The van der Waals surface area contributed by atoms with Crippen molar-refractivity contribution in [1.29, 1.82) is 0 Å². The number of benzene rings is 2. The molecular formula is C21H20ClFN4O2. The van der Waals surface area contributed by atoms with Crippen molar-refractivity contribution in [3.8, 4) is 0 Å². The monoisotopic (exact) mass is 414 g/mol. The first-order valence-corrected chi connectivity index (χ1v) is 9.76. The maximum Gasteiger partial charge on any atom is 0.272 e. The predicted octanol–water partition coefficient (Wildman–Crippen LogP) is 2.83. The third kappa shape index (κ3) is 4.46. The summed E-state index contributed by atoms with van der Waals surface area (Å²) >= 11 is 5.92. The van der Waals surface area contributed by atoms with E-state index in [1.807, 2.05) is 4.90 Å². The summed E-state index contributed by atoms with van der Waals surface area (Å²) < 4.78 is 13.0. The number of likely N-dealkylation sites (tertiary alicyclic amines) is 1. The van der Waals surface area contributed by atoms with Crippen LogP contribution in [0, 0.1) is 5.82 Å². The Morgan fingerprint density at radius 1 is 1.14 bits per heavy atom. The van der Waals surface area contributed by atoms with Crippen molar-refractivity contribution in [2.45, 2.75) is 18.5 Å². The molecule has 2 aliphatic heterocycles. The lowest BCUT2D eigenvalue weighted by atomic mass is 9.98. The van der Waals surface area contributed by atoms with Crippen LogP contribution < -0.4 is 10.6 Å². The minimum atomic E-state index is -0.615. The second-order valence-electron chi connectivity index (χ2n) is 7.28. The molecule has 0 aromatic heterocycles. The van der Waals surface area contributed by atoms with Gasteiger partial charge in [0.05, 0.1) is 6.54 Å². The van der Waals surface area contributed by atoms with Gasteiger partial charge in [0.15, 0.2) is 0 Å². The van der Waals surface area contributed by atoms with E-state index < -0.39 is 5.66 Å². The van der Waals surface area contributed by atoms with E-state index in [2.05, 4.69) is 10.6 Å². The van der Waals surface area contributed by atoms with Gasteiger partial charge in [0.1, 0.15) is 17.2 Å². The van der Waals surface area contributed by atoms with Crippen LogP contribution in [0.5, 0.6) is 0 Å². The van der Waals surface area contributed by atoms with Crippen molar-refractivity contribution >= 4 is 34.8 Å². The Morgan fingerprint density at radius 3 is 2.45 bits per heavy atom. The SMILES string of the molecule is O=C(CN1CCC2(CC1)N=C(c1ccc(Cl)cc1)C(=O)N2)Nc1ccc(F)cc1. The van der Waals surface area contributed by atoms with Crippen molar-refractivity contribution in [1.82, 2.24) is 10.2 Å². The lowest BCUT2D eigenvalue weighted by Crippen LogP contribution is -2.52. The van der Waals surface area contributed by atoms with Crippen LogP contribution in [0.25, 0.3) is 0 Å². The molecule has 2 aromatic carbocycles. The number of hydrogen-bond donors (Lipinski definition) is 2. The molecule has 6 nitrogen and oxygen atoms in total. The van der Waals surface area contributed by atoms with Crippen LogP contribution >= 0.6 is 11.6 Å². The van der Waals surface area contributed by atoms with E-state index in [4.69, 9.17) is 16.6 Å². The number of amides is 2. The minimum absolute atomic E-state index is 0.159. The third-order valence-electron chi connectivity index (χ3n) is 5.18. The molecule has 2 N–H and O–H groups in total. The molecule has 2 aromatic rings. The molecule has 29 heavy (non-hydrogen) atoms. The number of hydrogen-bond acceptors (Lipinski definition) is 4. The Morgan fingerprint density at radius 2 is 1.79 bits per heavy atom. The predicted molar refractivity (Wildman–Crippen MR) is 110 cm³/mol. The number of halogens is 2. The van der Waals surface area contributed by atoms with Gasteiger partial charge in [-0.1, -0.05) is 23.7 Å². The first kappa shape index (κ1) is 19.5. The highest BCUT2D eigenvalue weighted by atomic mass is 35.5. The van der Waals surface area contributed by atoms with Gasteiger partial charge in [-0.25, -0.2) is 4.39 Å². The number of anilines is 1. The Balaban J connectivity index is 1.35. The maximum atomic E-state index is 13.0. The first-order valence-electron chi connectivity index (χ1n) is 9.39. The van der Waals surface area contributed by atoms with E-state index >= 15 is 0 Å². The van der Waals surface area contributed by atoms with E-state index in [-0.39, 0.29) is 24.2 Å². The topological polar surface area (TPSA) is 73.8 Å². The summed E-state index contributed by atoms with van der Waals surface area (Å²) in [6, 6.07) is 12.7. The number of nitrogens with one attached hydrogen (secondary N) is 2. The molecule has 0 aliphatic carbocycles. The zero-order chi connectivity index (χ0) is 20.4. The van der Waals surface area contributed by atoms with Crippen LogP contribution in [0.4, 0.5) is 10.1 Å². The molecule has 8 heteroatoms. The molecule has 0 saturated carbocycles. The molecule has 0 unspecified atom stereocenters. The number of piperidine rings is 1. The summed E-state index contributed by atoms with van der Waals surface area (Å²) in [5.74, 6) is -0.690. The zero-order valence-electron chi connectivity index (χ0n) is 15.6. The molecule has 0 atom stereocenters. The highest BCUT2D eigenvalue weighted by Gasteiger charge is 2.42. The summed E-state index contributed by atoms with van der Waals surface area (Å²) in [4.78, 5) is 31.4. The summed E-state index contributed by atoms with van der Waals surface area (Å²) in [7, 11) is 0. The van der Waals surface area contributed by atoms with Crippen molar-refractivity contribution in [3.05, 3.63) is 64.9 Å². The molecule has 0 radical (unpaired) electrons. The normalized spacial score (nSPS) is 18.4. The van der Waals surface area contributed by atoms with Gasteiger partial charge in [-0.2, -0.15) is 0 Å². The van der Waals surface area contributed by atoms with E-state index in [0.717, 1.165) is 5.56 Å². The number of aliphatic imine (C=N–C) groups is 1. The molecule has 4 rings (SSSR count). The molecule has 1 saturated heterocycles. The largest absolute Gasteiger partial charge is 0.326 e. The highest BCUT2D eigenvalue weighted by Crippen LogP contribution is 2.29. The maximum absolute atomic E-state index is 13.0. The first-order chi connectivity index (χ1) is 13.9. The lowest BCUT2D eigenvalue weighted by molar-refractivity contribution is -0.119. The van der Waals surface area contributed by atoms with Gasteiger partial charge in [-0.3, -0.25) is 19.5 Å². The standard InChI is InChI=1S/C21H20ClFN4O2/c22-15-3-1-14(2-4-15)19-20(29)26-21(25-19)9-11-27(12-10-21)13-18(28)24-17-7-5-16(23)6-8-17/h1-8H,9-13H2,(H,24,28)(H,26,29). The smallest absolute Gasteiger partial charge is 0.272 e. The molecule has 0 bridgehead atoms. The van der Waals surface area contributed by atoms with Gasteiger partial charge in [-0.05, 0) is 36.4 Å². The fourth-order valence-corrected chi connectivity index (χ4v) is 3.75. The Labute approximate surface area is 172 Å². The Hall–Kier alpha value is -2.77. The second kappa shape index (κ2) is 7.93. The van der Waals surface area contributed by atoms with Crippen LogP contribution in [0.3, 0.4) is 0 Å². The zero-order valence-corrected chi connectivity index (χ0v) is 16.4. The molecule has 2 aliphatic rings. The summed E-state index contributed by atoms with van der Waals surface area (Å²) in [5, 5.41) is 6.38. The van der Waals surface area contributed by atoms with Gasteiger partial charge >= 0.3 is 0 Å². The fourth-order valence-electron chi connectivity index (χ4n) is 3.62. The van der Waals surface area contributed by atoms with Crippen molar-refractivity contribution in [2.24, 2.45) is 4.99 Å². The van der Waals surface area contributed by atoms with Crippen LogP contribution in [-0.4, -0.2) is 47.7 Å². The van der Waals surface area contributed by atoms with Crippen LogP contribution in [-0.2, 0) is 9.59 Å². The van der Waals surface area contributed by atoms with Crippen molar-refractivity contribution in [3.63, 3.8) is 0 Å². The number of nitrogens with zero attached hydrogens (tertiary/aromatic N) is 2. The fraction of sp³-hybridized carbons (Fsp3) is 0.286. The quantitative estimate of drug-likeness (QED) is 0.808. The van der Waals surface area contributed by atoms with E-state index in [0.29, 0.717) is 42.4 Å². The second-order valence-corrected chi connectivity index (χ2v) is 7.72. The van der Waals surface area contributed by atoms with Crippen LogP contribution in [0.2, 0.25) is 5.02 Å². The Bertz CT molecular complexity index is 952. The summed E-state index contributed by atoms with van der Waals surface area (Å²) in [6.45, 7) is 1.50. The van der Waals surface area contributed by atoms with E-state index in [1.165, 1.54) is 24.3 Å². The number of carbonyl (C=O) groups is 2. The molecule has 1 spiro atoms. The number of carbonyl (C=O) groups excluding carboxylic acids is 2. The van der Waals surface area contributed by atoms with Crippen molar-refractivity contribution in [2.75, 3.05) is 25.0 Å². The van der Waals surface area contributed by atoms with E-state index in [9.17, 15) is 14.0 Å². The number of rotatable bonds is 4. The minimum Gasteiger partial charge on any atom is -0.326 e. The third-order valence-corrected chi connectivity index (χ3v) is 5.44. The molecule has 1 fully saturated rings. The molecule has 2 amide bonds. The highest BCUT2D eigenvalue weighted by molar-refractivity contribution is 6.47. The summed E-state index contributed by atoms with van der Waals surface area (Å²) in [5.41, 5.74) is 1.11. The molecular weight excluding hydrogens is 395 g/mol. The van der Waals surface area contributed by atoms with Crippen LogP contribution in [0.15, 0.2) is 53.5 Å². The van der Waals surface area contributed by atoms with Gasteiger partial charge in [0.25, 0.3) is 5.91 Å². The molecule has 150 valence electrons. The molecule has 2 heterocycles. The average molecular weight is 415 g/mol. The van der Waals surface area contributed by atoms with Crippen molar-refractivity contribution < 1.29 is 14.0 Å². The van der Waals surface area contributed by atoms with Gasteiger partial charge < -0.3 is 10.6 Å². The Kier molecular flexibility index (Phi) is 5.34. The van der Waals surface area contributed by atoms with Gasteiger partial charge in [-0.15, -0.1) is 0 Å². The summed E-state index contributed by atoms with van der Waals surface area (Å²) in [6.07, 6.45) is 1.25. The lowest BCUT2D eigenvalue weighted by Gasteiger charge is -2.36. The van der Waals surface area contributed by atoms with Gasteiger partial charge in [0.2, 0.25) is 5.91 Å². The van der Waals surface area contributed by atoms with E-state index in [1.54, 1.807) is 24.3 Å².